The van der Waals surface area contributed by atoms with Crippen LogP contribution in [0.5, 0.6) is 5.75 Å². The standard InChI is InChI=1S/C23H21N5O2S2/c1-30-18-12-10-17(11-13-18)24-22(31)28-27-21(29)16-8-6-15(7-9-16)14-32-23-25-19-4-2-3-5-20(19)26-23/h2-13H,14H2,1H3,(H,25,26)(H,27,29)(H2,24,28,31). The maximum absolute atomic E-state index is 12.4. The third kappa shape index (κ3) is 5.57. The zero-order valence-corrected chi connectivity index (χ0v) is 18.8. The molecular formula is C23H21N5O2S2. The first kappa shape index (κ1) is 21.7. The summed E-state index contributed by atoms with van der Waals surface area (Å²) in [7, 11) is 1.61. The lowest BCUT2D eigenvalue weighted by atomic mass is 10.1. The lowest BCUT2D eigenvalue weighted by molar-refractivity contribution is 0.0944. The van der Waals surface area contributed by atoms with Crippen molar-refractivity contribution in [3.05, 3.63) is 83.9 Å². The molecule has 7 nitrogen and oxygen atoms in total. The Bertz CT molecular complexity index is 1190. The number of rotatable bonds is 6. The quantitative estimate of drug-likeness (QED) is 0.190. The highest BCUT2D eigenvalue weighted by molar-refractivity contribution is 7.98. The minimum absolute atomic E-state index is 0.277. The second-order valence-corrected chi connectivity index (χ2v) is 8.18. The van der Waals surface area contributed by atoms with E-state index >= 15 is 0 Å². The van der Waals surface area contributed by atoms with E-state index in [0.29, 0.717) is 5.56 Å². The number of anilines is 1. The molecular weight excluding hydrogens is 442 g/mol. The van der Waals surface area contributed by atoms with Gasteiger partial charge in [0.05, 0.1) is 18.1 Å². The highest BCUT2D eigenvalue weighted by Crippen LogP contribution is 2.23. The van der Waals surface area contributed by atoms with Crippen molar-refractivity contribution in [1.82, 2.24) is 20.8 Å². The Morgan fingerprint density at radius 3 is 2.50 bits per heavy atom. The number of hydrogen-bond donors (Lipinski definition) is 4. The van der Waals surface area contributed by atoms with E-state index in [4.69, 9.17) is 17.0 Å². The molecule has 0 unspecified atom stereocenters. The molecule has 0 aliphatic carbocycles. The van der Waals surface area contributed by atoms with Crippen molar-refractivity contribution in [1.29, 1.82) is 0 Å². The van der Waals surface area contributed by atoms with E-state index in [-0.39, 0.29) is 11.0 Å². The number of H-pyrrole nitrogens is 1. The third-order valence-corrected chi connectivity index (χ3v) is 5.75. The summed E-state index contributed by atoms with van der Waals surface area (Å²) >= 11 is 6.83. The molecule has 3 aromatic carbocycles. The molecule has 4 N–H and O–H groups in total. The predicted molar refractivity (Wildman–Crippen MR) is 132 cm³/mol. The van der Waals surface area contributed by atoms with Crippen LogP contribution in [0.4, 0.5) is 5.69 Å². The van der Waals surface area contributed by atoms with Gasteiger partial charge >= 0.3 is 0 Å². The van der Waals surface area contributed by atoms with Crippen molar-refractivity contribution in [2.24, 2.45) is 0 Å². The number of methoxy groups -OCH3 is 1. The number of benzene rings is 3. The number of aromatic amines is 1. The molecule has 0 fully saturated rings. The van der Waals surface area contributed by atoms with Crippen LogP contribution in [0, 0.1) is 0 Å². The minimum atomic E-state index is -0.277. The van der Waals surface area contributed by atoms with E-state index in [9.17, 15) is 4.79 Å². The number of carbonyl (C=O) groups is 1. The van der Waals surface area contributed by atoms with Crippen LogP contribution in [0.3, 0.4) is 0 Å². The normalized spacial score (nSPS) is 10.5. The number of fused-ring (bicyclic) bond motifs is 1. The number of ether oxygens (including phenoxy) is 1. The molecule has 0 spiro atoms. The zero-order valence-electron chi connectivity index (χ0n) is 17.2. The molecule has 1 amide bonds. The van der Waals surface area contributed by atoms with E-state index in [1.165, 1.54) is 0 Å². The topological polar surface area (TPSA) is 91.1 Å². The van der Waals surface area contributed by atoms with Crippen LogP contribution in [0.25, 0.3) is 11.0 Å². The summed E-state index contributed by atoms with van der Waals surface area (Å²) in [6.45, 7) is 0. The Morgan fingerprint density at radius 1 is 1.03 bits per heavy atom. The number of carbonyl (C=O) groups excluding carboxylic acids is 1. The number of nitrogens with zero attached hydrogens (tertiary/aromatic N) is 1. The number of hydrazine groups is 1. The van der Waals surface area contributed by atoms with Crippen molar-refractivity contribution in [3.8, 4) is 5.75 Å². The number of thioether (sulfide) groups is 1. The van der Waals surface area contributed by atoms with Gasteiger partial charge in [-0.25, -0.2) is 4.98 Å². The lowest BCUT2D eigenvalue weighted by Crippen LogP contribution is -2.43. The highest BCUT2D eigenvalue weighted by Gasteiger charge is 2.07. The average Bonchev–Trinajstić information content (AvgIpc) is 3.25. The molecule has 1 aromatic heterocycles. The molecule has 0 saturated carbocycles. The molecule has 0 aliphatic heterocycles. The first-order valence-corrected chi connectivity index (χ1v) is 11.2. The van der Waals surface area contributed by atoms with Crippen molar-refractivity contribution >= 4 is 51.7 Å². The van der Waals surface area contributed by atoms with Crippen molar-refractivity contribution in [2.75, 3.05) is 12.4 Å². The van der Waals surface area contributed by atoms with Gasteiger partial charge < -0.3 is 15.0 Å². The van der Waals surface area contributed by atoms with Crippen molar-refractivity contribution in [2.45, 2.75) is 10.9 Å². The summed E-state index contributed by atoms with van der Waals surface area (Å²) in [5, 5.41) is 4.14. The average molecular weight is 464 g/mol. The van der Waals surface area contributed by atoms with E-state index in [2.05, 4.69) is 26.1 Å². The Morgan fingerprint density at radius 2 is 1.78 bits per heavy atom. The second-order valence-electron chi connectivity index (χ2n) is 6.81. The number of hydrogen-bond acceptors (Lipinski definition) is 5. The van der Waals surface area contributed by atoms with E-state index in [1.54, 1.807) is 31.0 Å². The number of aromatic nitrogens is 2. The van der Waals surface area contributed by atoms with Crippen LogP contribution in [-0.4, -0.2) is 28.1 Å². The Hall–Kier alpha value is -3.56. The molecule has 0 atom stereocenters. The number of thiocarbonyl (C=S) groups is 1. The predicted octanol–water partition coefficient (Wildman–Crippen LogP) is 4.50. The van der Waals surface area contributed by atoms with Crippen LogP contribution >= 0.6 is 24.0 Å². The van der Waals surface area contributed by atoms with Gasteiger partial charge in [0.15, 0.2) is 10.3 Å². The second kappa shape index (κ2) is 10.2. The fourth-order valence-corrected chi connectivity index (χ4v) is 3.93. The highest BCUT2D eigenvalue weighted by atomic mass is 32.2. The Kier molecular flexibility index (Phi) is 6.88. The Balaban J connectivity index is 1.25. The lowest BCUT2D eigenvalue weighted by Gasteiger charge is -2.12. The maximum atomic E-state index is 12.4. The van der Waals surface area contributed by atoms with E-state index in [0.717, 1.165) is 38.9 Å². The van der Waals surface area contributed by atoms with Gasteiger partial charge in [-0.1, -0.05) is 36.0 Å². The fraction of sp³-hybridized carbons (Fsp3) is 0.0870. The monoisotopic (exact) mass is 463 g/mol. The number of para-hydroxylation sites is 2. The van der Waals surface area contributed by atoms with Gasteiger partial charge in [0.1, 0.15) is 5.75 Å². The molecule has 9 heteroatoms. The molecule has 162 valence electrons. The van der Waals surface area contributed by atoms with Gasteiger partial charge in [0.2, 0.25) is 0 Å². The number of nitrogens with one attached hydrogen (secondary N) is 4. The Labute approximate surface area is 194 Å². The summed E-state index contributed by atoms with van der Waals surface area (Å²) in [4.78, 5) is 20.2. The van der Waals surface area contributed by atoms with Gasteiger partial charge in [-0.15, -0.1) is 0 Å². The van der Waals surface area contributed by atoms with Gasteiger partial charge in [0, 0.05) is 17.0 Å². The molecule has 4 rings (SSSR count). The van der Waals surface area contributed by atoms with E-state index in [1.807, 2.05) is 60.7 Å². The molecule has 0 bridgehead atoms. The largest absolute Gasteiger partial charge is 0.497 e. The number of amides is 1. The first-order chi connectivity index (χ1) is 15.6. The molecule has 0 aliphatic rings. The van der Waals surface area contributed by atoms with Crippen molar-refractivity contribution < 1.29 is 9.53 Å². The van der Waals surface area contributed by atoms with Gasteiger partial charge in [-0.05, 0) is 66.3 Å². The summed E-state index contributed by atoms with van der Waals surface area (Å²) in [5.74, 6) is 1.22. The van der Waals surface area contributed by atoms with Crippen molar-refractivity contribution in [3.63, 3.8) is 0 Å². The van der Waals surface area contributed by atoms with Gasteiger partial charge in [0.25, 0.3) is 5.91 Å². The van der Waals surface area contributed by atoms with Crippen LogP contribution in [0.2, 0.25) is 0 Å². The van der Waals surface area contributed by atoms with Crippen LogP contribution < -0.4 is 20.9 Å². The van der Waals surface area contributed by atoms with Crippen LogP contribution in [0.15, 0.2) is 78.0 Å². The maximum Gasteiger partial charge on any atom is 0.269 e. The first-order valence-electron chi connectivity index (χ1n) is 9.78. The zero-order chi connectivity index (χ0) is 22.3. The smallest absolute Gasteiger partial charge is 0.269 e. The van der Waals surface area contributed by atoms with Gasteiger partial charge in [-0.3, -0.25) is 15.6 Å². The van der Waals surface area contributed by atoms with E-state index < -0.39 is 0 Å². The van der Waals surface area contributed by atoms with Crippen LogP contribution in [0.1, 0.15) is 15.9 Å². The molecule has 32 heavy (non-hydrogen) atoms. The molecule has 0 saturated heterocycles. The third-order valence-electron chi connectivity index (χ3n) is 4.60. The number of imidazole rings is 1. The van der Waals surface area contributed by atoms with Crippen LogP contribution in [-0.2, 0) is 5.75 Å². The molecule has 1 heterocycles. The summed E-state index contributed by atoms with van der Waals surface area (Å²) < 4.78 is 5.12. The summed E-state index contributed by atoms with van der Waals surface area (Å²) in [6, 6.07) is 22.7. The summed E-state index contributed by atoms with van der Waals surface area (Å²) in [5.41, 5.74) is 9.68. The summed E-state index contributed by atoms with van der Waals surface area (Å²) in [6.07, 6.45) is 0. The van der Waals surface area contributed by atoms with Gasteiger partial charge in [-0.2, -0.15) is 0 Å². The minimum Gasteiger partial charge on any atom is -0.497 e. The fourth-order valence-electron chi connectivity index (χ4n) is 2.92. The molecule has 0 radical (unpaired) electrons. The SMILES string of the molecule is COc1ccc(NC(=S)NNC(=O)c2ccc(CSc3nc4ccccc4[nH]3)cc2)cc1. The molecule has 4 aromatic rings.